The van der Waals surface area contributed by atoms with E-state index in [0.717, 1.165) is 11.3 Å². The fourth-order valence-corrected chi connectivity index (χ4v) is 4.84. The molecule has 8 nitrogen and oxygen atoms in total. The maximum absolute atomic E-state index is 12.6. The second kappa shape index (κ2) is 8.56. The summed E-state index contributed by atoms with van der Waals surface area (Å²) < 4.78 is 38.7. The zero-order chi connectivity index (χ0) is 22.0. The van der Waals surface area contributed by atoms with Crippen LogP contribution in [0.3, 0.4) is 0 Å². The summed E-state index contributed by atoms with van der Waals surface area (Å²) >= 11 is 12.8. The van der Waals surface area contributed by atoms with Gasteiger partial charge in [-0.15, -0.1) is 0 Å². The van der Waals surface area contributed by atoms with Crippen LogP contribution in [0.1, 0.15) is 5.56 Å². The minimum absolute atomic E-state index is 0.0149. The SMILES string of the molecule is N#Cc1cc(S(=O)(=O)Nc2ncc(Cl)s2)ccc1Oc1ccc(Cl)cc1-c1ccon1. The average molecular weight is 493 g/mol. The van der Waals surface area contributed by atoms with Gasteiger partial charge < -0.3 is 9.26 Å². The second-order valence-corrected chi connectivity index (χ2v) is 9.75. The van der Waals surface area contributed by atoms with Crippen LogP contribution >= 0.6 is 34.5 Å². The summed E-state index contributed by atoms with van der Waals surface area (Å²) in [5.41, 5.74) is 1.05. The molecule has 0 radical (unpaired) electrons. The van der Waals surface area contributed by atoms with Crippen LogP contribution in [0.25, 0.3) is 11.3 Å². The van der Waals surface area contributed by atoms with E-state index in [1.807, 2.05) is 6.07 Å². The topological polar surface area (TPSA) is 118 Å². The molecule has 1 N–H and O–H groups in total. The molecule has 0 amide bonds. The maximum atomic E-state index is 12.6. The number of anilines is 1. The van der Waals surface area contributed by atoms with Gasteiger partial charge in [0.25, 0.3) is 10.0 Å². The lowest BCUT2D eigenvalue weighted by molar-refractivity contribution is 0.421. The van der Waals surface area contributed by atoms with E-state index in [2.05, 4.69) is 14.9 Å². The molecule has 0 saturated heterocycles. The van der Waals surface area contributed by atoms with Crippen molar-refractivity contribution >= 4 is 49.7 Å². The second-order valence-electron chi connectivity index (χ2n) is 5.97. The number of aromatic nitrogens is 2. The first-order valence-electron chi connectivity index (χ1n) is 8.42. The molecule has 0 atom stereocenters. The number of sulfonamides is 1. The molecule has 0 fully saturated rings. The van der Waals surface area contributed by atoms with Crippen molar-refractivity contribution in [2.75, 3.05) is 4.72 Å². The molecule has 0 saturated carbocycles. The van der Waals surface area contributed by atoms with Gasteiger partial charge in [-0.05, 0) is 36.4 Å². The minimum atomic E-state index is -3.98. The molecule has 2 heterocycles. The lowest BCUT2D eigenvalue weighted by atomic mass is 10.1. The Balaban J connectivity index is 1.67. The van der Waals surface area contributed by atoms with E-state index in [9.17, 15) is 13.7 Å². The fraction of sp³-hybridized carbons (Fsp3) is 0. The Morgan fingerprint density at radius 2 is 1.94 bits per heavy atom. The first-order valence-corrected chi connectivity index (χ1v) is 11.5. The van der Waals surface area contributed by atoms with Crippen molar-refractivity contribution < 1.29 is 17.7 Å². The van der Waals surface area contributed by atoms with E-state index in [0.29, 0.717) is 26.4 Å². The summed E-state index contributed by atoms with van der Waals surface area (Å²) in [5, 5.41) is 14.0. The van der Waals surface area contributed by atoms with Crippen LogP contribution < -0.4 is 9.46 Å². The molecule has 0 unspecified atom stereocenters. The Bertz CT molecular complexity index is 1400. The van der Waals surface area contributed by atoms with Gasteiger partial charge in [-0.25, -0.2) is 13.4 Å². The molecule has 4 rings (SSSR count). The van der Waals surface area contributed by atoms with Crippen LogP contribution in [0.2, 0.25) is 9.36 Å². The van der Waals surface area contributed by atoms with Crippen molar-refractivity contribution in [2.45, 2.75) is 4.90 Å². The number of nitrogens with zero attached hydrogens (tertiary/aromatic N) is 3. The van der Waals surface area contributed by atoms with Gasteiger partial charge in [-0.3, -0.25) is 4.72 Å². The molecule has 0 spiro atoms. The Hall–Kier alpha value is -3.10. The predicted octanol–water partition coefficient (Wildman–Crippen LogP) is 5.57. The van der Waals surface area contributed by atoms with Gasteiger partial charge in [0.05, 0.1) is 16.7 Å². The first-order chi connectivity index (χ1) is 14.9. The maximum Gasteiger partial charge on any atom is 0.263 e. The van der Waals surface area contributed by atoms with Crippen molar-refractivity contribution in [3.8, 4) is 28.8 Å². The molecule has 4 aromatic rings. The van der Waals surface area contributed by atoms with Gasteiger partial charge >= 0.3 is 0 Å². The highest BCUT2D eigenvalue weighted by atomic mass is 35.5. The molecular formula is C19H10Cl2N4O4S2. The normalized spacial score (nSPS) is 11.1. The van der Waals surface area contributed by atoms with Gasteiger partial charge in [0.1, 0.15) is 33.9 Å². The number of benzene rings is 2. The van der Waals surface area contributed by atoms with E-state index in [1.165, 1.54) is 30.7 Å². The Kier molecular flexibility index (Phi) is 5.84. The smallest absolute Gasteiger partial charge is 0.263 e. The molecule has 0 bridgehead atoms. The highest BCUT2D eigenvalue weighted by Gasteiger charge is 2.20. The minimum Gasteiger partial charge on any atom is -0.455 e. The molecule has 0 aliphatic carbocycles. The lowest BCUT2D eigenvalue weighted by Gasteiger charge is -2.12. The number of halogens is 2. The molecule has 2 aromatic carbocycles. The Morgan fingerprint density at radius 3 is 2.61 bits per heavy atom. The average Bonchev–Trinajstić information content (AvgIpc) is 3.41. The summed E-state index contributed by atoms with van der Waals surface area (Å²) in [7, 11) is -3.98. The molecule has 0 aliphatic rings. The third kappa shape index (κ3) is 4.65. The number of nitrogens with one attached hydrogen (secondary N) is 1. The summed E-state index contributed by atoms with van der Waals surface area (Å²) in [6.45, 7) is 0. The molecule has 0 aliphatic heterocycles. The van der Waals surface area contributed by atoms with Gasteiger partial charge in [-0.1, -0.05) is 39.7 Å². The fourth-order valence-electron chi connectivity index (χ4n) is 2.59. The third-order valence-corrected chi connectivity index (χ3v) is 6.69. The monoisotopic (exact) mass is 492 g/mol. The quantitative estimate of drug-likeness (QED) is 0.373. The summed E-state index contributed by atoms with van der Waals surface area (Å²) in [6, 6.07) is 12.4. The highest BCUT2D eigenvalue weighted by Crippen LogP contribution is 2.36. The molecular weight excluding hydrogens is 483 g/mol. The van der Waals surface area contributed by atoms with Crippen LogP contribution in [-0.2, 0) is 10.0 Å². The summed E-state index contributed by atoms with van der Waals surface area (Å²) in [6.07, 6.45) is 2.74. The van der Waals surface area contributed by atoms with Crippen molar-refractivity contribution in [3.63, 3.8) is 0 Å². The summed E-state index contributed by atoms with van der Waals surface area (Å²) in [5.74, 6) is 0.520. The van der Waals surface area contributed by atoms with Crippen LogP contribution in [0.4, 0.5) is 5.13 Å². The highest BCUT2D eigenvalue weighted by molar-refractivity contribution is 7.93. The Morgan fingerprint density at radius 1 is 1.13 bits per heavy atom. The van der Waals surface area contributed by atoms with E-state index >= 15 is 0 Å². The Labute approximate surface area is 190 Å². The van der Waals surface area contributed by atoms with Crippen molar-refractivity contribution in [1.82, 2.24) is 10.1 Å². The van der Waals surface area contributed by atoms with Gasteiger partial charge in [-0.2, -0.15) is 5.26 Å². The van der Waals surface area contributed by atoms with Crippen molar-refractivity contribution in [3.05, 3.63) is 69.8 Å². The molecule has 156 valence electrons. The van der Waals surface area contributed by atoms with E-state index < -0.39 is 10.0 Å². The number of ether oxygens (including phenoxy) is 1. The zero-order valence-electron chi connectivity index (χ0n) is 15.2. The molecule has 2 aromatic heterocycles. The standard InChI is InChI=1S/C19H10Cl2N4O4S2/c20-12-1-3-17(14(8-12)15-5-6-28-24-15)29-16-4-2-13(7-11(16)9-22)31(26,27)25-19-23-10-18(21)30-19/h1-8,10H,(H,23,25). The van der Waals surface area contributed by atoms with E-state index in [1.54, 1.807) is 24.3 Å². The molecule has 31 heavy (non-hydrogen) atoms. The van der Waals surface area contributed by atoms with Gasteiger partial charge in [0.15, 0.2) is 5.13 Å². The molecule has 12 heteroatoms. The first kappa shape index (κ1) is 21.1. The van der Waals surface area contributed by atoms with E-state index in [4.69, 9.17) is 32.5 Å². The number of nitriles is 1. The van der Waals surface area contributed by atoms with Crippen LogP contribution in [-0.4, -0.2) is 18.6 Å². The summed E-state index contributed by atoms with van der Waals surface area (Å²) in [4.78, 5) is 3.74. The van der Waals surface area contributed by atoms with Crippen LogP contribution in [0.5, 0.6) is 11.5 Å². The van der Waals surface area contributed by atoms with Gasteiger partial charge in [0.2, 0.25) is 0 Å². The largest absolute Gasteiger partial charge is 0.455 e. The van der Waals surface area contributed by atoms with Crippen molar-refractivity contribution in [1.29, 1.82) is 5.26 Å². The lowest BCUT2D eigenvalue weighted by Crippen LogP contribution is -2.13. The zero-order valence-corrected chi connectivity index (χ0v) is 18.4. The van der Waals surface area contributed by atoms with E-state index in [-0.39, 0.29) is 21.3 Å². The van der Waals surface area contributed by atoms with Crippen LogP contribution in [0, 0.1) is 11.3 Å². The number of thiazole rings is 1. The number of hydrogen-bond acceptors (Lipinski definition) is 8. The van der Waals surface area contributed by atoms with Crippen LogP contribution in [0.15, 0.2) is 64.3 Å². The number of rotatable bonds is 6. The predicted molar refractivity (Wildman–Crippen MR) is 116 cm³/mol. The van der Waals surface area contributed by atoms with Gasteiger partial charge in [0, 0.05) is 16.7 Å². The third-order valence-electron chi connectivity index (χ3n) is 3.96. The van der Waals surface area contributed by atoms with Crippen molar-refractivity contribution in [2.24, 2.45) is 0 Å². The number of hydrogen-bond donors (Lipinski definition) is 1.